The largest absolute Gasteiger partial charge is 0.314 e. The van der Waals surface area contributed by atoms with Gasteiger partial charge in [-0.25, -0.2) is 8.42 Å². The van der Waals surface area contributed by atoms with Crippen LogP contribution in [0.5, 0.6) is 0 Å². The van der Waals surface area contributed by atoms with Crippen LogP contribution in [0.25, 0.3) is 0 Å². The maximum Gasteiger partial charge on any atom is 0.166 e. The van der Waals surface area contributed by atoms with Gasteiger partial charge < -0.3 is 5.32 Å². The fourth-order valence-corrected chi connectivity index (χ4v) is 4.48. The fourth-order valence-electron chi connectivity index (χ4n) is 2.45. The fraction of sp³-hybridized carbons (Fsp3) is 1.00. The van der Waals surface area contributed by atoms with E-state index in [2.05, 4.69) is 10.2 Å². The number of hydrogen-bond donors (Lipinski definition) is 1. The summed E-state index contributed by atoms with van der Waals surface area (Å²) in [5.74, 6) is 0.277. The zero-order valence-corrected chi connectivity index (χ0v) is 9.93. The van der Waals surface area contributed by atoms with Gasteiger partial charge in [0.25, 0.3) is 0 Å². The minimum Gasteiger partial charge on any atom is -0.314 e. The van der Waals surface area contributed by atoms with Crippen molar-refractivity contribution in [1.29, 1.82) is 0 Å². The molecule has 0 unspecified atom stereocenters. The Hall–Kier alpha value is -0.130. The highest BCUT2D eigenvalue weighted by atomic mass is 32.2. The summed E-state index contributed by atoms with van der Waals surface area (Å²) < 4.78 is 24.1. The normalized spacial score (nSPS) is 25.9. The average Bonchev–Trinajstić information content (AvgIpc) is 2.71. The standard InChI is InChI=1S/C10H20N2O2S/c13-15(14,10-3-1-2-4-10)9-12-7-5-11-6-8-12/h10-11H,1-9H2. The number of piperazine rings is 1. The lowest BCUT2D eigenvalue weighted by Gasteiger charge is -2.27. The van der Waals surface area contributed by atoms with Crippen LogP contribution in [-0.2, 0) is 9.84 Å². The molecule has 0 radical (unpaired) electrons. The Labute approximate surface area is 91.9 Å². The highest BCUT2D eigenvalue weighted by molar-refractivity contribution is 7.91. The Morgan fingerprint density at radius 3 is 2.33 bits per heavy atom. The quantitative estimate of drug-likeness (QED) is 0.755. The Balaban J connectivity index is 1.90. The lowest BCUT2D eigenvalue weighted by molar-refractivity contribution is 0.273. The lowest BCUT2D eigenvalue weighted by Crippen LogP contribution is -2.46. The van der Waals surface area contributed by atoms with E-state index < -0.39 is 9.84 Å². The van der Waals surface area contributed by atoms with Crippen LogP contribution in [0, 0.1) is 0 Å². The Kier molecular flexibility index (Phi) is 3.64. The molecule has 0 atom stereocenters. The topological polar surface area (TPSA) is 49.4 Å². The van der Waals surface area contributed by atoms with Gasteiger partial charge in [-0.2, -0.15) is 0 Å². The lowest BCUT2D eigenvalue weighted by atomic mass is 10.4. The van der Waals surface area contributed by atoms with Crippen LogP contribution in [0.1, 0.15) is 25.7 Å². The van der Waals surface area contributed by atoms with Gasteiger partial charge in [-0.15, -0.1) is 0 Å². The average molecular weight is 232 g/mol. The summed E-state index contributed by atoms with van der Waals surface area (Å²) in [7, 11) is -2.86. The number of nitrogens with zero attached hydrogens (tertiary/aromatic N) is 1. The van der Waals surface area contributed by atoms with Crippen molar-refractivity contribution < 1.29 is 8.42 Å². The number of nitrogens with one attached hydrogen (secondary N) is 1. The molecule has 2 fully saturated rings. The number of hydrogen-bond acceptors (Lipinski definition) is 4. The predicted molar refractivity (Wildman–Crippen MR) is 60.5 cm³/mol. The smallest absolute Gasteiger partial charge is 0.166 e. The van der Waals surface area contributed by atoms with Crippen molar-refractivity contribution >= 4 is 9.84 Å². The minimum absolute atomic E-state index is 0.0487. The Morgan fingerprint density at radius 1 is 1.13 bits per heavy atom. The molecule has 0 aromatic heterocycles. The van der Waals surface area contributed by atoms with Crippen LogP contribution in [0.3, 0.4) is 0 Å². The second-order valence-corrected chi connectivity index (χ2v) is 6.82. The van der Waals surface area contributed by atoms with Gasteiger partial charge in [-0.3, -0.25) is 4.90 Å². The summed E-state index contributed by atoms with van der Waals surface area (Å²) in [5.41, 5.74) is 0. The third-order valence-corrected chi connectivity index (χ3v) is 5.59. The first-order valence-corrected chi connectivity index (χ1v) is 7.55. The first-order chi connectivity index (χ1) is 7.18. The second-order valence-electron chi connectivity index (χ2n) is 4.57. The summed E-state index contributed by atoms with van der Waals surface area (Å²) in [6, 6.07) is 0. The molecule has 0 aromatic rings. The maximum atomic E-state index is 12.0. The first-order valence-electron chi connectivity index (χ1n) is 5.83. The monoisotopic (exact) mass is 232 g/mol. The van der Waals surface area contributed by atoms with Crippen molar-refractivity contribution in [3.8, 4) is 0 Å². The molecule has 4 nitrogen and oxygen atoms in total. The van der Waals surface area contributed by atoms with Crippen molar-refractivity contribution in [3.63, 3.8) is 0 Å². The van der Waals surface area contributed by atoms with Crippen LogP contribution in [0.15, 0.2) is 0 Å². The van der Waals surface area contributed by atoms with Crippen molar-refractivity contribution in [2.75, 3.05) is 32.1 Å². The van der Waals surface area contributed by atoms with Gasteiger partial charge in [0.2, 0.25) is 0 Å². The van der Waals surface area contributed by atoms with Gasteiger partial charge >= 0.3 is 0 Å². The van der Waals surface area contributed by atoms with E-state index in [0.29, 0.717) is 0 Å². The van der Waals surface area contributed by atoms with Gasteiger partial charge in [0.05, 0.1) is 5.25 Å². The van der Waals surface area contributed by atoms with E-state index in [-0.39, 0.29) is 11.1 Å². The molecule has 2 aliphatic rings. The number of sulfone groups is 1. The highest BCUT2D eigenvalue weighted by Crippen LogP contribution is 2.25. The van der Waals surface area contributed by atoms with Gasteiger partial charge in [-0.1, -0.05) is 12.8 Å². The molecule has 1 heterocycles. The molecule has 2 rings (SSSR count). The zero-order valence-electron chi connectivity index (χ0n) is 9.11. The third kappa shape index (κ3) is 2.92. The molecule has 88 valence electrons. The predicted octanol–water partition coefficient (Wildman–Crippen LogP) is 0.206. The van der Waals surface area contributed by atoms with E-state index in [4.69, 9.17) is 0 Å². The summed E-state index contributed by atoms with van der Waals surface area (Å²) in [5, 5.41) is 3.18. The molecule has 1 N–H and O–H groups in total. The maximum absolute atomic E-state index is 12.0. The first kappa shape index (κ1) is 11.4. The van der Waals surface area contributed by atoms with E-state index >= 15 is 0 Å². The summed E-state index contributed by atoms with van der Waals surface area (Å²) >= 11 is 0. The molecule has 1 aliphatic carbocycles. The molecule has 0 spiro atoms. The Morgan fingerprint density at radius 2 is 1.73 bits per heavy atom. The van der Waals surface area contributed by atoms with Crippen LogP contribution < -0.4 is 5.32 Å². The minimum atomic E-state index is -2.86. The SMILES string of the molecule is O=S(=O)(CN1CCNCC1)C1CCCC1. The van der Waals surface area contributed by atoms with E-state index in [1.807, 2.05) is 0 Å². The van der Waals surface area contributed by atoms with Crippen LogP contribution in [0.2, 0.25) is 0 Å². The van der Waals surface area contributed by atoms with Crippen molar-refractivity contribution in [3.05, 3.63) is 0 Å². The zero-order chi connectivity index (χ0) is 10.7. The molecule has 0 aromatic carbocycles. The van der Waals surface area contributed by atoms with E-state index in [1.165, 1.54) is 0 Å². The van der Waals surface area contributed by atoms with Gasteiger partial charge in [0.15, 0.2) is 9.84 Å². The summed E-state index contributed by atoms with van der Waals surface area (Å²) in [6.45, 7) is 3.57. The van der Waals surface area contributed by atoms with Crippen molar-refractivity contribution in [2.24, 2.45) is 0 Å². The molecule has 1 aliphatic heterocycles. The van der Waals surface area contributed by atoms with Gasteiger partial charge in [0, 0.05) is 26.2 Å². The molecule has 5 heteroatoms. The second kappa shape index (κ2) is 4.80. The molecular weight excluding hydrogens is 212 g/mol. The molecule has 1 saturated carbocycles. The molecular formula is C10H20N2O2S. The summed E-state index contributed by atoms with van der Waals surface area (Å²) in [4.78, 5) is 2.06. The van der Waals surface area contributed by atoms with Crippen LogP contribution >= 0.6 is 0 Å². The summed E-state index contributed by atoms with van der Waals surface area (Å²) in [6.07, 6.45) is 3.94. The van der Waals surface area contributed by atoms with E-state index in [9.17, 15) is 8.42 Å². The molecule has 15 heavy (non-hydrogen) atoms. The van der Waals surface area contributed by atoms with Crippen LogP contribution in [-0.4, -0.2) is 50.6 Å². The van der Waals surface area contributed by atoms with Crippen LogP contribution in [0.4, 0.5) is 0 Å². The molecule has 1 saturated heterocycles. The van der Waals surface area contributed by atoms with E-state index in [1.54, 1.807) is 0 Å². The molecule has 0 bridgehead atoms. The third-order valence-electron chi connectivity index (χ3n) is 3.38. The Bertz CT molecular complexity index is 291. The van der Waals surface area contributed by atoms with Crippen molar-refractivity contribution in [1.82, 2.24) is 10.2 Å². The van der Waals surface area contributed by atoms with Gasteiger partial charge in [-0.05, 0) is 12.8 Å². The van der Waals surface area contributed by atoms with E-state index in [0.717, 1.165) is 51.9 Å². The highest BCUT2D eigenvalue weighted by Gasteiger charge is 2.30. The van der Waals surface area contributed by atoms with Gasteiger partial charge in [0.1, 0.15) is 5.88 Å². The molecule has 0 amide bonds. The number of rotatable bonds is 3. The van der Waals surface area contributed by atoms with Crippen molar-refractivity contribution in [2.45, 2.75) is 30.9 Å².